The molecule has 0 radical (unpaired) electrons. The van der Waals surface area contributed by atoms with Crippen molar-refractivity contribution >= 4 is 23.2 Å². The maximum Gasteiger partial charge on any atom is 0.207 e. The molecule has 5 heteroatoms. The summed E-state index contributed by atoms with van der Waals surface area (Å²) < 4.78 is 0. The molecule has 70 valence electrons. The van der Waals surface area contributed by atoms with Crippen LogP contribution in [-0.2, 0) is 6.42 Å². The van der Waals surface area contributed by atoms with Crippen LogP contribution in [0, 0.1) is 10.1 Å². The van der Waals surface area contributed by atoms with Gasteiger partial charge in [-0.3, -0.25) is 10.1 Å². The molecule has 0 saturated carbocycles. The Labute approximate surface area is 85.4 Å². The van der Waals surface area contributed by atoms with Gasteiger partial charge < -0.3 is 0 Å². The van der Waals surface area contributed by atoms with E-state index in [4.69, 9.17) is 23.2 Å². The molecule has 0 heterocycles. The van der Waals surface area contributed by atoms with Gasteiger partial charge in [-0.2, -0.15) is 0 Å². The lowest BCUT2D eigenvalue weighted by Crippen LogP contribution is -2.04. The second kappa shape index (κ2) is 4.44. The Bertz CT molecular complexity index is 328. The molecule has 1 aromatic carbocycles. The molecule has 3 nitrogen and oxygen atoms in total. The van der Waals surface area contributed by atoms with E-state index in [-0.39, 0.29) is 11.5 Å². The first kappa shape index (κ1) is 10.3. The Morgan fingerprint density at radius 1 is 1.38 bits per heavy atom. The van der Waals surface area contributed by atoms with Gasteiger partial charge in [0.2, 0.25) is 6.54 Å². The van der Waals surface area contributed by atoms with Gasteiger partial charge in [0.05, 0.1) is 10.0 Å². The van der Waals surface area contributed by atoms with E-state index in [2.05, 4.69) is 0 Å². The Morgan fingerprint density at radius 2 is 2.08 bits per heavy atom. The van der Waals surface area contributed by atoms with Gasteiger partial charge >= 0.3 is 0 Å². The molecule has 0 aromatic heterocycles. The Morgan fingerprint density at radius 3 is 2.69 bits per heavy atom. The van der Waals surface area contributed by atoms with E-state index >= 15 is 0 Å². The van der Waals surface area contributed by atoms with Crippen LogP contribution in [0.1, 0.15) is 5.56 Å². The van der Waals surface area contributed by atoms with Gasteiger partial charge in [-0.1, -0.05) is 35.3 Å². The van der Waals surface area contributed by atoms with Crippen LogP contribution in [0.25, 0.3) is 0 Å². The zero-order valence-electron chi connectivity index (χ0n) is 6.67. The van der Waals surface area contributed by atoms with Crippen molar-refractivity contribution in [3.63, 3.8) is 0 Å². The summed E-state index contributed by atoms with van der Waals surface area (Å²) in [6.45, 7) is -0.125. The minimum Gasteiger partial charge on any atom is -0.265 e. The standard InChI is InChI=1S/C8H7Cl2NO2/c9-7-3-1-2-6(8(7)10)4-5-11(12)13/h1-3H,4-5H2. The number of hydrogen-bond donors (Lipinski definition) is 0. The van der Waals surface area contributed by atoms with Crippen LogP contribution < -0.4 is 0 Å². The number of hydrogen-bond acceptors (Lipinski definition) is 2. The number of benzene rings is 1. The van der Waals surface area contributed by atoms with Crippen LogP contribution >= 0.6 is 23.2 Å². The molecular weight excluding hydrogens is 213 g/mol. The summed E-state index contributed by atoms with van der Waals surface area (Å²) in [6, 6.07) is 5.11. The van der Waals surface area contributed by atoms with E-state index in [9.17, 15) is 10.1 Å². The molecule has 0 bridgehead atoms. The van der Waals surface area contributed by atoms with Gasteiger partial charge in [0.15, 0.2) is 0 Å². The topological polar surface area (TPSA) is 43.1 Å². The second-order valence-corrected chi connectivity index (χ2v) is 3.30. The predicted octanol–water partition coefficient (Wildman–Crippen LogP) is 2.81. The molecule has 0 spiro atoms. The van der Waals surface area contributed by atoms with Crippen LogP contribution in [0.5, 0.6) is 0 Å². The molecule has 0 fully saturated rings. The van der Waals surface area contributed by atoms with E-state index in [1.165, 1.54) is 0 Å². The molecule has 0 unspecified atom stereocenters. The third-order valence-electron chi connectivity index (χ3n) is 1.60. The first-order chi connectivity index (χ1) is 6.11. The summed E-state index contributed by atoms with van der Waals surface area (Å²) in [5.74, 6) is 0. The molecule has 13 heavy (non-hydrogen) atoms. The van der Waals surface area contributed by atoms with Crippen molar-refractivity contribution in [3.8, 4) is 0 Å². The van der Waals surface area contributed by atoms with Crippen molar-refractivity contribution in [1.82, 2.24) is 0 Å². The van der Waals surface area contributed by atoms with Crippen molar-refractivity contribution in [2.45, 2.75) is 6.42 Å². The fraction of sp³-hybridized carbons (Fsp3) is 0.250. The van der Waals surface area contributed by atoms with E-state index < -0.39 is 0 Å². The lowest BCUT2D eigenvalue weighted by atomic mass is 10.1. The van der Waals surface area contributed by atoms with Crippen molar-refractivity contribution in [2.75, 3.05) is 6.54 Å². The second-order valence-electron chi connectivity index (χ2n) is 2.52. The minimum absolute atomic E-state index is 0.125. The summed E-state index contributed by atoms with van der Waals surface area (Å²) in [6.07, 6.45) is 0.312. The van der Waals surface area contributed by atoms with Gasteiger partial charge in [-0.15, -0.1) is 0 Å². The van der Waals surface area contributed by atoms with Crippen molar-refractivity contribution < 1.29 is 4.92 Å². The lowest BCUT2D eigenvalue weighted by molar-refractivity contribution is -0.479. The highest BCUT2D eigenvalue weighted by atomic mass is 35.5. The molecule has 0 atom stereocenters. The summed E-state index contributed by atoms with van der Waals surface area (Å²) in [5, 5.41) is 10.9. The van der Waals surface area contributed by atoms with Crippen LogP contribution in [0.3, 0.4) is 0 Å². The van der Waals surface area contributed by atoms with Gasteiger partial charge in [-0.25, -0.2) is 0 Å². The minimum atomic E-state index is -0.378. The van der Waals surface area contributed by atoms with E-state index in [0.717, 1.165) is 0 Å². The number of halogens is 2. The molecule has 0 aliphatic heterocycles. The van der Waals surface area contributed by atoms with E-state index in [1.54, 1.807) is 18.2 Å². The normalized spacial score (nSPS) is 10.0. The molecule has 0 aliphatic rings. The SMILES string of the molecule is O=[N+]([O-])CCc1cccc(Cl)c1Cl. The smallest absolute Gasteiger partial charge is 0.207 e. The first-order valence-corrected chi connectivity index (χ1v) is 4.41. The van der Waals surface area contributed by atoms with Crippen molar-refractivity contribution in [3.05, 3.63) is 43.9 Å². The summed E-state index contributed by atoms with van der Waals surface area (Å²) in [7, 11) is 0. The van der Waals surface area contributed by atoms with Crippen molar-refractivity contribution in [1.29, 1.82) is 0 Å². The lowest BCUT2D eigenvalue weighted by Gasteiger charge is -2.01. The summed E-state index contributed by atoms with van der Waals surface area (Å²) in [5.41, 5.74) is 0.714. The molecule has 0 saturated heterocycles. The number of rotatable bonds is 3. The molecule has 0 amide bonds. The van der Waals surface area contributed by atoms with E-state index in [0.29, 0.717) is 22.0 Å². The largest absolute Gasteiger partial charge is 0.265 e. The highest BCUT2D eigenvalue weighted by molar-refractivity contribution is 6.42. The van der Waals surface area contributed by atoms with Crippen LogP contribution in [0.2, 0.25) is 10.0 Å². The van der Waals surface area contributed by atoms with Crippen molar-refractivity contribution in [2.24, 2.45) is 0 Å². The van der Waals surface area contributed by atoms with Crippen LogP contribution in [-0.4, -0.2) is 11.5 Å². The van der Waals surface area contributed by atoms with Crippen LogP contribution in [0.15, 0.2) is 18.2 Å². The third-order valence-corrected chi connectivity index (χ3v) is 2.45. The molecule has 1 rings (SSSR count). The molecular formula is C8H7Cl2NO2. The molecule has 1 aromatic rings. The number of nitrogens with zero attached hydrogens (tertiary/aromatic N) is 1. The van der Waals surface area contributed by atoms with E-state index in [1.807, 2.05) is 0 Å². The Balaban J connectivity index is 2.77. The Hall–Kier alpha value is -0.800. The maximum absolute atomic E-state index is 10.1. The fourth-order valence-electron chi connectivity index (χ4n) is 0.953. The Kier molecular flexibility index (Phi) is 3.51. The first-order valence-electron chi connectivity index (χ1n) is 3.66. The fourth-order valence-corrected chi connectivity index (χ4v) is 1.37. The summed E-state index contributed by atoms with van der Waals surface area (Å²) in [4.78, 5) is 9.72. The quantitative estimate of drug-likeness (QED) is 0.580. The highest BCUT2D eigenvalue weighted by Gasteiger charge is 2.06. The molecule has 0 N–H and O–H groups in total. The average molecular weight is 220 g/mol. The van der Waals surface area contributed by atoms with Gasteiger partial charge in [0.25, 0.3) is 0 Å². The van der Waals surface area contributed by atoms with Crippen LogP contribution in [0.4, 0.5) is 0 Å². The van der Waals surface area contributed by atoms with Gasteiger partial charge in [0.1, 0.15) is 0 Å². The maximum atomic E-state index is 10.1. The monoisotopic (exact) mass is 219 g/mol. The highest BCUT2D eigenvalue weighted by Crippen LogP contribution is 2.25. The number of nitro groups is 1. The zero-order chi connectivity index (χ0) is 9.84. The van der Waals surface area contributed by atoms with Gasteiger partial charge in [0, 0.05) is 11.3 Å². The average Bonchev–Trinajstić information content (AvgIpc) is 2.07. The zero-order valence-corrected chi connectivity index (χ0v) is 8.18. The third kappa shape index (κ3) is 2.86. The van der Waals surface area contributed by atoms with Gasteiger partial charge in [-0.05, 0) is 11.6 Å². The predicted molar refractivity (Wildman–Crippen MR) is 52.0 cm³/mol. The summed E-state index contributed by atoms with van der Waals surface area (Å²) >= 11 is 11.5. The molecule has 0 aliphatic carbocycles.